The van der Waals surface area contributed by atoms with Crippen LogP contribution < -0.4 is 15.9 Å². The first kappa shape index (κ1) is 9.19. The van der Waals surface area contributed by atoms with Gasteiger partial charge >= 0.3 is 0 Å². The Bertz CT molecular complexity index is 350. The minimum Gasteiger partial charge on any atom is -0.733 e. The fraction of sp³-hybridized carbons (Fsp3) is 0.333. The molecule has 0 saturated carbocycles. The zero-order valence-electron chi connectivity index (χ0n) is 7.10. The van der Waals surface area contributed by atoms with Crippen LogP contribution in [-0.4, -0.2) is 29.2 Å². The van der Waals surface area contributed by atoms with Gasteiger partial charge < -0.3 is 21.1 Å². The maximum Gasteiger partial charge on any atom is 0.197 e. The van der Waals surface area contributed by atoms with E-state index in [0.717, 1.165) is 24.4 Å². The molecule has 76 valence electrons. The van der Waals surface area contributed by atoms with E-state index in [1.54, 1.807) is 0 Å². The van der Waals surface area contributed by atoms with Crippen molar-refractivity contribution < 1.29 is 5.21 Å². The molecule has 14 heavy (non-hydrogen) atoms. The molecule has 2 rings (SSSR count). The Morgan fingerprint density at radius 3 is 3.14 bits per heavy atom. The molecular weight excluding hydrogens is 206 g/mol. The Balaban J connectivity index is 2.02. The van der Waals surface area contributed by atoms with Gasteiger partial charge in [-0.3, -0.25) is 10.2 Å². The van der Waals surface area contributed by atoms with Crippen LogP contribution in [0.4, 0.5) is 10.1 Å². The largest absolute Gasteiger partial charge is 0.733 e. The van der Waals surface area contributed by atoms with E-state index in [4.69, 9.17) is 5.21 Å². The average Bonchev–Trinajstić information content (AvgIpc) is 2.75. The van der Waals surface area contributed by atoms with E-state index in [9.17, 15) is 5.21 Å². The summed E-state index contributed by atoms with van der Waals surface area (Å²) in [6.45, 7) is 1.53. The summed E-state index contributed by atoms with van der Waals surface area (Å²) in [5.41, 5.74) is 0. The summed E-state index contributed by atoms with van der Waals surface area (Å²) < 4.78 is 0. The summed E-state index contributed by atoms with van der Waals surface area (Å²) in [5.74, 6) is 0.640. The van der Waals surface area contributed by atoms with E-state index in [2.05, 4.69) is 20.6 Å². The van der Waals surface area contributed by atoms with Gasteiger partial charge in [-0.25, -0.2) is 4.98 Å². The van der Waals surface area contributed by atoms with Crippen LogP contribution in [0.1, 0.15) is 0 Å². The third kappa shape index (κ3) is 1.92. The Morgan fingerprint density at radius 1 is 1.71 bits per heavy atom. The number of aliphatic imine (C=N–C) groups is 1. The zero-order chi connectivity index (χ0) is 9.97. The number of anilines is 2. The maximum atomic E-state index is 10.5. The molecule has 1 aromatic rings. The predicted molar refractivity (Wildman–Crippen MR) is 53.7 cm³/mol. The molecule has 3 N–H and O–H groups in total. The number of hydrogen-bond donors (Lipinski definition) is 3. The Morgan fingerprint density at radius 2 is 2.57 bits per heavy atom. The van der Waals surface area contributed by atoms with Gasteiger partial charge in [-0.05, 0) is 0 Å². The summed E-state index contributed by atoms with van der Waals surface area (Å²) in [4.78, 5) is 7.98. The topological polar surface area (TPSA) is 95.8 Å². The normalized spacial score (nSPS) is 14.9. The van der Waals surface area contributed by atoms with E-state index in [1.165, 1.54) is 6.20 Å². The lowest BCUT2D eigenvalue weighted by molar-refractivity contribution is 0.299. The fourth-order valence-corrected chi connectivity index (χ4v) is 1.63. The molecule has 0 aromatic carbocycles. The highest BCUT2D eigenvalue weighted by Gasteiger charge is 2.07. The van der Waals surface area contributed by atoms with Crippen molar-refractivity contribution in [3.8, 4) is 0 Å². The first-order chi connectivity index (χ1) is 6.75. The molecule has 7 nitrogen and oxygen atoms in total. The molecule has 0 atom stereocenters. The van der Waals surface area contributed by atoms with Gasteiger partial charge in [-0.1, -0.05) is 11.3 Å². The van der Waals surface area contributed by atoms with Crippen molar-refractivity contribution in [3.63, 3.8) is 0 Å². The number of nitrogens with one attached hydrogen (secondary N) is 2. The highest BCUT2D eigenvalue weighted by Crippen LogP contribution is 2.25. The highest BCUT2D eigenvalue weighted by molar-refractivity contribution is 7.19. The van der Waals surface area contributed by atoms with Crippen molar-refractivity contribution in [1.82, 2.24) is 10.3 Å². The standard InChI is InChI=1S/C6H8N5O2S/c12-11(13)4-3-9-6(14-4)10-5-7-1-2-8-5/h3,12H,1-2H2,(H2,7,8,9,10)/q-1. The van der Waals surface area contributed by atoms with E-state index < -0.39 is 0 Å². The smallest absolute Gasteiger partial charge is 0.197 e. The minimum atomic E-state index is -0.216. The van der Waals surface area contributed by atoms with Crippen molar-refractivity contribution in [1.29, 1.82) is 0 Å². The summed E-state index contributed by atoms with van der Waals surface area (Å²) in [5, 5.41) is 25.3. The zero-order valence-corrected chi connectivity index (χ0v) is 7.91. The molecule has 8 heteroatoms. The molecule has 0 spiro atoms. The van der Waals surface area contributed by atoms with Gasteiger partial charge in [-0.15, -0.1) is 0 Å². The lowest BCUT2D eigenvalue weighted by Crippen LogP contribution is -2.25. The van der Waals surface area contributed by atoms with Gasteiger partial charge in [0.25, 0.3) is 0 Å². The van der Waals surface area contributed by atoms with E-state index in [1.807, 2.05) is 0 Å². The van der Waals surface area contributed by atoms with Gasteiger partial charge in [0.05, 0.1) is 12.7 Å². The summed E-state index contributed by atoms with van der Waals surface area (Å²) in [6.07, 6.45) is 1.29. The van der Waals surface area contributed by atoms with E-state index in [0.29, 0.717) is 11.1 Å². The molecule has 1 aliphatic heterocycles. The number of hydrogen-bond acceptors (Lipinski definition) is 8. The molecule has 0 radical (unpaired) electrons. The third-order valence-corrected chi connectivity index (χ3v) is 2.45. The van der Waals surface area contributed by atoms with Crippen LogP contribution >= 0.6 is 11.3 Å². The lowest BCUT2D eigenvalue weighted by atomic mass is 10.7. The van der Waals surface area contributed by atoms with Crippen LogP contribution in [0, 0.1) is 5.21 Å². The quantitative estimate of drug-likeness (QED) is 0.609. The number of rotatable bonds is 2. The predicted octanol–water partition coefficient (Wildman–Crippen LogP) is 0.208. The molecule has 0 fully saturated rings. The Hall–Kier alpha value is -1.38. The lowest BCUT2D eigenvalue weighted by Gasteiger charge is -2.17. The number of thiazole rings is 1. The molecule has 0 bridgehead atoms. The van der Waals surface area contributed by atoms with Crippen LogP contribution in [0.15, 0.2) is 11.2 Å². The van der Waals surface area contributed by atoms with Crippen LogP contribution in [0.5, 0.6) is 0 Å². The molecule has 0 aliphatic carbocycles. The van der Waals surface area contributed by atoms with Crippen molar-refractivity contribution in [2.75, 3.05) is 23.6 Å². The molecular formula is C6H8N5O2S-. The second-order valence-electron chi connectivity index (χ2n) is 2.56. The summed E-state index contributed by atoms with van der Waals surface area (Å²) >= 11 is 1.05. The van der Waals surface area contributed by atoms with Gasteiger partial charge in [0, 0.05) is 6.54 Å². The Labute approximate surface area is 83.6 Å². The van der Waals surface area contributed by atoms with E-state index in [-0.39, 0.29) is 10.2 Å². The molecule has 2 heterocycles. The number of nitrogens with zero attached hydrogens (tertiary/aromatic N) is 3. The summed E-state index contributed by atoms with van der Waals surface area (Å²) in [7, 11) is 0. The maximum absolute atomic E-state index is 10.5. The second-order valence-corrected chi connectivity index (χ2v) is 3.57. The first-order valence-corrected chi connectivity index (χ1v) is 4.74. The average molecular weight is 214 g/mol. The molecule has 0 saturated heterocycles. The molecule has 0 unspecified atom stereocenters. The van der Waals surface area contributed by atoms with Crippen molar-refractivity contribution in [2.45, 2.75) is 0 Å². The van der Waals surface area contributed by atoms with Gasteiger partial charge in [0.15, 0.2) is 11.1 Å². The van der Waals surface area contributed by atoms with Crippen LogP contribution in [-0.2, 0) is 0 Å². The fourth-order valence-electron chi connectivity index (χ4n) is 0.995. The second kappa shape index (κ2) is 3.78. The Kier molecular flexibility index (Phi) is 2.48. The van der Waals surface area contributed by atoms with Gasteiger partial charge in [0.2, 0.25) is 0 Å². The number of aromatic nitrogens is 1. The van der Waals surface area contributed by atoms with Crippen molar-refractivity contribution in [2.24, 2.45) is 4.99 Å². The van der Waals surface area contributed by atoms with Gasteiger partial charge in [0.1, 0.15) is 5.00 Å². The van der Waals surface area contributed by atoms with Gasteiger partial charge in [-0.2, -0.15) is 0 Å². The SMILES string of the molecule is [O-]N(O)c1cnc(NC2=NCCN2)s1. The molecule has 1 aromatic heterocycles. The number of guanidine groups is 1. The van der Waals surface area contributed by atoms with E-state index >= 15 is 0 Å². The monoisotopic (exact) mass is 214 g/mol. The van der Waals surface area contributed by atoms with Crippen molar-refractivity contribution >= 4 is 27.4 Å². The third-order valence-electron chi connectivity index (χ3n) is 1.58. The molecule has 1 aliphatic rings. The summed E-state index contributed by atoms with van der Waals surface area (Å²) in [6, 6.07) is 0. The first-order valence-electron chi connectivity index (χ1n) is 3.93. The van der Waals surface area contributed by atoms with Crippen LogP contribution in [0.25, 0.3) is 0 Å². The van der Waals surface area contributed by atoms with Crippen LogP contribution in [0.3, 0.4) is 0 Å². The molecule has 0 amide bonds. The van der Waals surface area contributed by atoms with Crippen molar-refractivity contribution in [3.05, 3.63) is 11.4 Å². The highest BCUT2D eigenvalue weighted by atomic mass is 32.1. The minimum absolute atomic E-state index is 0.131. The van der Waals surface area contributed by atoms with Crippen LogP contribution in [0.2, 0.25) is 0 Å².